The lowest BCUT2D eigenvalue weighted by Crippen LogP contribution is -2.32. The van der Waals surface area contributed by atoms with Crippen LogP contribution in [0.1, 0.15) is 24.8 Å². The van der Waals surface area contributed by atoms with E-state index in [-0.39, 0.29) is 31.4 Å². The fourth-order valence-electron chi connectivity index (χ4n) is 1.93. The maximum atomic E-state index is 11.8. The number of terminal acetylenes is 1. The molecule has 2 amide bonds. The van der Waals surface area contributed by atoms with Crippen molar-refractivity contribution in [2.75, 3.05) is 25.1 Å². The number of ether oxygens (including phenoxy) is 2. The third-order valence-corrected chi connectivity index (χ3v) is 3.25. The molecule has 150 valence electrons. The third-order valence-electron chi connectivity index (χ3n) is 3.25. The van der Waals surface area contributed by atoms with Crippen molar-refractivity contribution in [3.05, 3.63) is 29.8 Å². The van der Waals surface area contributed by atoms with E-state index in [1.165, 1.54) is 0 Å². The van der Waals surface area contributed by atoms with E-state index < -0.39 is 25.2 Å². The molecule has 9 nitrogen and oxygen atoms in total. The van der Waals surface area contributed by atoms with Gasteiger partial charge in [0.25, 0.3) is 0 Å². The van der Waals surface area contributed by atoms with E-state index in [2.05, 4.69) is 21.3 Å². The van der Waals surface area contributed by atoms with Crippen molar-refractivity contribution in [3.8, 4) is 12.3 Å². The summed E-state index contributed by atoms with van der Waals surface area (Å²) in [7, 11) is 0. The molecule has 0 aliphatic heterocycles. The van der Waals surface area contributed by atoms with Crippen molar-refractivity contribution < 1.29 is 33.8 Å². The number of carboxylic acid groups (broad SMARTS) is 1. The molecule has 3 N–H and O–H groups in total. The Balaban J connectivity index is 2.29. The summed E-state index contributed by atoms with van der Waals surface area (Å²) in [6.07, 6.45) is 6.45. The largest absolute Gasteiger partial charge is 0.480 e. The van der Waals surface area contributed by atoms with Gasteiger partial charge in [0.15, 0.2) is 0 Å². The third kappa shape index (κ3) is 10.6. The van der Waals surface area contributed by atoms with Crippen LogP contribution in [0.2, 0.25) is 0 Å². The summed E-state index contributed by atoms with van der Waals surface area (Å²) in [5, 5.41) is 13.5. The van der Waals surface area contributed by atoms with Gasteiger partial charge in [0.05, 0.1) is 6.54 Å². The van der Waals surface area contributed by atoms with Crippen LogP contribution in [0.3, 0.4) is 0 Å². The Bertz CT molecular complexity index is 723. The predicted molar refractivity (Wildman–Crippen MR) is 99.0 cm³/mol. The molecule has 0 fully saturated rings. The zero-order valence-electron chi connectivity index (χ0n) is 15.2. The summed E-state index contributed by atoms with van der Waals surface area (Å²) < 4.78 is 9.55. The van der Waals surface area contributed by atoms with Gasteiger partial charge in [0.1, 0.15) is 19.8 Å². The highest BCUT2D eigenvalue weighted by molar-refractivity contribution is 5.94. The normalized spacial score (nSPS) is 9.82. The number of aliphatic carboxylic acids is 1. The number of nitrogens with one attached hydrogen (secondary N) is 2. The van der Waals surface area contributed by atoms with Crippen molar-refractivity contribution in [2.24, 2.45) is 0 Å². The number of carboxylic acids is 1. The minimum absolute atomic E-state index is 0.0167. The molecule has 0 atom stereocenters. The second kappa shape index (κ2) is 12.9. The Morgan fingerprint density at radius 2 is 1.79 bits per heavy atom. The van der Waals surface area contributed by atoms with E-state index in [4.69, 9.17) is 16.3 Å². The molecule has 0 saturated carbocycles. The van der Waals surface area contributed by atoms with Gasteiger partial charge in [0.2, 0.25) is 11.8 Å². The summed E-state index contributed by atoms with van der Waals surface area (Å²) in [5.74, 6) is -0.0331. The Kier molecular flexibility index (Phi) is 10.4. The second-order valence-electron chi connectivity index (χ2n) is 5.63. The number of hydrogen-bond acceptors (Lipinski definition) is 6. The lowest BCUT2D eigenvalue weighted by molar-refractivity contribution is -0.153. The van der Waals surface area contributed by atoms with Crippen LogP contribution in [0.5, 0.6) is 0 Å². The minimum Gasteiger partial charge on any atom is -0.480 e. The first-order valence-corrected chi connectivity index (χ1v) is 8.45. The zero-order chi connectivity index (χ0) is 20.8. The van der Waals surface area contributed by atoms with Crippen molar-refractivity contribution in [3.63, 3.8) is 0 Å². The van der Waals surface area contributed by atoms with Gasteiger partial charge in [-0.3, -0.25) is 9.59 Å². The van der Waals surface area contributed by atoms with Gasteiger partial charge in [0, 0.05) is 18.5 Å². The van der Waals surface area contributed by atoms with E-state index in [0.29, 0.717) is 24.1 Å². The smallest absolute Gasteiger partial charge is 0.332 e. The number of amides is 2. The maximum absolute atomic E-state index is 11.8. The predicted octanol–water partition coefficient (Wildman–Crippen LogP) is 0.689. The number of anilines is 1. The second-order valence-corrected chi connectivity index (χ2v) is 5.63. The molecule has 1 aromatic carbocycles. The molecule has 0 unspecified atom stereocenters. The first-order valence-electron chi connectivity index (χ1n) is 8.45. The molecule has 0 bridgehead atoms. The average molecular weight is 390 g/mol. The summed E-state index contributed by atoms with van der Waals surface area (Å²) in [4.78, 5) is 45.0. The molecule has 0 aromatic heterocycles. The minimum atomic E-state index is -1.17. The Morgan fingerprint density at radius 3 is 2.43 bits per heavy atom. The van der Waals surface area contributed by atoms with E-state index in [9.17, 15) is 19.2 Å². The SMILES string of the molecule is C#CCCCC(=O)NCC(=O)Nc1ccc(COC(=O)COCC(=O)O)cc1. The van der Waals surface area contributed by atoms with E-state index >= 15 is 0 Å². The van der Waals surface area contributed by atoms with Crippen molar-refractivity contribution >= 4 is 29.4 Å². The first kappa shape index (κ1) is 22.7. The van der Waals surface area contributed by atoms with Gasteiger partial charge in [-0.2, -0.15) is 0 Å². The molecule has 0 aliphatic rings. The standard InChI is InChI=1S/C19H22N2O7/c1-2-3-4-5-16(22)20-10-17(23)21-15-8-6-14(7-9-15)11-28-19(26)13-27-12-18(24)25/h1,6-9H,3-5,10-13H2,(H,20,22)(H,21,23)(H,24,25). The van der Waals surface area contributed by atoms with Crippen molar-refractivity contribution in [2.45, 2.75) is 25.9 Å². The Labute approximate surface area is 162 Å². The van der Waals surface area contributed by atoms with Crippen LogP contribution in [0.4, 0.5) is 5.69 Å². The van der Waals surface area contributed by atoms with Crippen LogP contribution in [-0.2, 0) is 35.3 Å². The lowest BCUT2D eigenvalue weighted by atomic mass is 10.2. The number of esters is 1. The van der Waals surface area contributed by atoms with Gasteiger partial charge in [-0.15, -0.1) is 12.3 Å². The van der Waals surface area contributed by atoms with Crippen LogP contribution >= 0.6 is 0 Å². The lowest BCUT2D eigenvalue weighted by Gasteiger charge is -2.08. The number of carbonyl (C=O) groups excluding carboxylic acids is 3. The summed E-state index contributed by atoms with van der Waals surface area (Å²) in [6.45, 7) is -1.19. The highest BCUT2D eigenvalue weighted by atomic mass is 16.6. The molecule has 0 saturated heterocycles. The average Bonchev–Trinajstić information content (AvgIpc) is 2.66. The molecule has 1 aromatic rings. The van der Waals surface area contributed by atoms with E-state index in [1.807, 2.05) is 0 Å². The highest BCUT2D eigenvalue weighted by Crippen LogP contribution is 2.10. The molecular weight excluding hydrogens is 368 g/mol. The summed E-state index contributed by atoms with van der Waals surface area (Å²) in [5.41, 5.74) is 1.19. The molecule has 1 rings (SSSR count). The van der Waals surface area contributed by atoms with Crippen LogP contribution in [-0.4, -0.2) is 48.6 Å². The number of rotatable bonds is 12. The molecule has 0 heterocycles. The maximum Gasteiger partial charge on any atom is 0.332 e. The summed E-state index contributed by atoms with van der Waals surface area (Å²) in [6, 6.07) is 6.55. The fourth-order valence-corrected chi connectivity index (χ4v) is 1.93. The number of carbonyl (C=O) groups is 4. The Hall–Kier alpha value is -3.38. The van der Waals surface area contributed by atoms with Gasteiger partial charge in [-0.1, -0.05) is 12.1 Å². The van der Waals surface area contributed by atoms with Gasteiger partial charge < -0.3 is 25.2 Å². The van der Waals surface area contributed by atoms with E-state index in [1.54, 1.807) is 24.3 Å². The number of hydrogen-bond donors (Lipinski definition) is 3. The molecule has 0 aliphatic carbocycles. The van der Waals surface area contributed by atoms with Crippen molar-refractivity contribution in [1.29, 1.82) is 0 Å². The number of benzene rings is 1. The van der Waals surface area contributed by atoms with E-state index in [0.717, 1.165) is 0 Å². The summed E-state index contributed by atoms with van der Waals surface area (Å²) >= 11 is 0. The van der Waals surface area contributed by atoms with Gasteiger partial charge in [-0.05, 0) is 24.1 Å². The monoisotopic (exact) mass is 390 g/mol. The highest BCUT2D eigenvalue weighted by Gasteiger charge is 2.07. The number of unbranched alkanes of at least 4 members (excludes halogenated alkanes) is 1. The van der Waals surface area contributed by atoms with Crippen LogP contribution in [0, 0.1) is 12.3 Å². The van der Waals surface area contributed by atoms with Gasteiger partial charge >= 0.3 is 11.9 Å². The molecule has 28 heavy (non-hydrogen) atoms. The Morgan fingerprint density at radius 1 is 1.07 bits per heavy atom. The zero-order valence-corrected chi connectivity index (χ0v) is 15.2. The van der Waals surface area contributed by atoms with Crippen molar-refractivity contribution in [1.82, 2.24) is 5.32 Å². The van der Waals surface area contributed by atoms with Crippen LogP contribution in [0.25, 0.3) is 0 Å². The molecular formula is C19H22N2O7. The van der Waals surface area contributed by atoms with Gasteiger partial charge in [-0.25, -0.2) is 9.59 Å². The molecule has 0 radical (unpaired) electrons. The molecule has 9 heteroatoms. The quantitative estimate of drug-likeness (QED) is 0.272. The van der Waals surface area contributed by atoms with Crippen LogP contribution in [0.15, 0.2) is 24.3 Å². The fraction of sp³-hybridized carbons (Fsp3) is 0.368. The topological polar surface area (TPSA) is 131 Å². The first-order chi connectivity index (χ1) is 13.4. The molecule has 0 spiro atoms. The van der Waals surface area contributed by atoms with Crippen LogP contribution < -0.4 is 10.6 Å².